The molecule has 0 radical (unpaired) electrons. The maximum atomic E-state index is 8.63. The van der Waals surface area contributed by atoms with Crippen molar-refractivity contribution >= 4 is 0 Å². The van der Waals surface area contributed by atoms with Gasteiger partial charge < -0.3 is 19.9 Å². The topological polar surface area (TPSA) is 50.7 Å². The van der Waals surface area contributed by atoms with E-state index in [0.717, 1.165) is 26.0 Å². The number of aliphatic hydroxyl groups is 1. The molecule has 0 amide bonds. The number of rotatable bonds is 7. The van der Waals surface area contributed by atoms with Gasteiger partial charge in [0.1, 0.15) is 0 Å². The number of aliphatic hydroxyl groups excluding tert-OH is 1. The molecule has 0 heterocycles. The second-order valence-corrected chi connectivity index (χ2v) is 3.57. The number of ether oxygens (including phenoxy) is 2. The van der Waals surface area contributed by atoms with Crippen molar-refractivity contribution in [2.45, 2.75) is 38.0 Å². The first-order valence-electron chi connectivity index (χ1n) is 5.32. The molecule has 1 saturated carbocycles. The lowest BCUT2D eigenvalue weighted by Crippen LogP contribution is -2.59. The van der Waals surface area contributed by atoms with Gasteiger partial charge in [-0.3, -0.25) is 0 Å². The van der Waals surface area contributed by atoms with E-state index in [1.165, 1.54) is 0 Å². The molecule has 0 bridgehead atoms. The summed E-state index contributed by atoms with van der Waals surface area (Å²) in [6.07, 6.45) is 2.23. The molecule has 84 valence electrons. The normalized spacial score (nSPS) is 31.5. The molecular formula is C10H21NO3. The third kappa shape index (κ3) is 2.92. The van der Waals surface area contributed by atoms with Crippen molar-refractivity contribution < 1.29 is 14.6 Å². The zero-order chi connectivity index (χ0) is 10.4. The molecule has 2 N–H and O–H groups in total. The van der Waals surface area contributed by atoms with Gasteiger partial charge in [0.25, 0.3) is 0 Å². The van der Waals surface area contributed by atoms with E-state index < -0.39 is 0 Å². The summed E-state index contributed by atoms with van der Waals surface area (Å²) in [5.74, 6) is 0. The van der Waals surface area contributed by atoms with Crippen molar-refractivity contribution in [1.82, 2.24) is 5.32 Å². The van der Waals surface area contributed by atoms with Gasteiger partial charge in [-0.15, -0.1) is 0 Å². The Bertz CT molecular complexity index is 152. The highest BCUT2D eigenvalue weighted by Gasteiger charge is 2.41. The summed E-state index contributed by atoms with van der Waals surface area (Å²) in [7, 11) is 1.72. The van der Waals surface area contributed by atoms with E-state index in [4.69, 9.17) is 14.6 Å². The van der Waals surface area contributed by atoms with E-state index in [-0.39, 0.29) is 18.8 Å². The van der Waals surface area contributed by atoms with Crippen LogP contribution in [0.25, 0.3) is 0 Å². The lowest BCUT2D eigenvalue weighted by Gasteiger charge is -2.43. The zero-order valence-electron chi connectivity index (χ0n) is 9.03. The molecule has 14 heavy (non-hydrogen) atoms. The van der Waals surface area contributed by atoms with E-state index in [2.05, 4.69) is 5.32 Å². The second kappa shape index (κ2) is 6.35. The minimum absolute atomic E-state index is 0.175. The minimum Gasteiger partial charge on any atom is -0.396 e. The van der Waals surface area contributed by atoms with Crippen LogP contribution >= 0.6 is 0 Å². The smallest absolute Gasteiger partial charge is 0.0986 e. The van der Waals surface area contributed by atoms with Gasteiger partial charge in [-0.05, 0) is 26.3 Å². The first-order chi connectivity index (χ1) is 6.83. The predicted octanol–water partition coefficient (Wildman–Crippen LogP) is 0.151. The summed E-state index contributed by atoms with van der Waals surface area (Å²) < 4.78 is 10.8. The Hall–Kier alpha value is -0.160. The highest BCUT2D eigenvalue weighted by Crippen LogP contribution is 2.26. The van der Waals surface area contributed by atoms with Gasteiger partial charge >= 0.3 is 0 Å². The zero-order valence-corrected chi connectivity index (χ0v) is 9.03. The maximum Gasteiger partial charge on any atom is 0.0986 e. The van der Waals surface area contributed by atoms with E-state index in [9.17, 15) is 0 Å². The fourth-order valence-corrected chi connectivity index (χ4v) is 1.84. The standard InChI is InChI=1S/C10H21NO3/c1-3-14-9-7-8(10(9)13-2)11-5-4-6-12/h8-12H,3-7H2,1-2H3. The van der Waals surface area contributed by atoms with Crippen LogP contribution in [0, 0.1) is 0 Å². The van der Waals surface area contributed by atoms with Crippen molar-refractivity contribution in [2.75, 3.05) is 26.9 Å². The first kappa shape index (κ1) is 11.9. The SMILES string of the molecule is CCOC1CC(NCCCO)C1OC. The number of methoxy groups -OCH3 is 1. The Labute approximate surface area is 85.6 Å². The van der Waals surface area contributed by atoms with Crippen molar-refractivity contribution in [2.24, 2.45) is 0 Å². The molecule has 1 rings (SSSR count). The third-order valence-electron chi connectivity index (χ3n) is 2.64. The summed E-state index contributed by atoms with van der Waals surface area (Å²) >= 11 is 0. The highest BCUT2D eigenvalue weighted by molar-refractivity contribution is 4.96. The molecule has 1 aliphatic rings. The van der Waals surface area contributed by atoms with Crippen LogP contribution < -0.4 is 5.32 Å². The van der Waals surface area contributed by atoms with Crippen molar-refractivity contribution in [3.63, 3.8) is 0 Å². The molecular weight excluding hydrogens is 182 g/mol. The van der Waals surface area contributed by atoms with E-state index in [1.807, 2.05) is 6.92 Å². The first-order valence-corrected chi connectivity index (χ1v) is 5.32. The van der Waals surface area contributed by atoms with Gasteiger partial charge in [0.05, 0.1) is 12.2 Å². The fourth-order valence-electron chi connectivity index (χ4n) is 1.84. The van der Waals surface area contributed by atoms with Crippen LogP contribution in [-0.2, 0) is 9.47 Å². The minimum atomic E-state index is 0.175. The largest absolute Gasteiger partial charge is 0.396 e. The van der Waals surface area contributed by atoms with E-state index >= 15 is 0 Å². The molecule has 0 saturated heterocycles. The van der Waals surface area contributed by atoms with Gasteiger partial charge in [-0.2, -0.15) is 0 Å². The monoisotopic (exact) mass is 203 g/mol. The quantitative estimate of drug-likeness (QED) is 0.578. The van der Waals surface area contributed by atoms with Gasteiger partial charge in [0.2, 0.25) is 0 Å². The lowest BCUT2D eigenvalue weighted by molar-refractivity contribution is -0.131. The van der Waals surface area contributed by atoms with E-state index in [1.54, 1.807) is 7.11 Å². The van der Waals surface area contributed by atoms with Crippen LogP contribution in [0.3, 0.4) is 0 Å². The molecule has 0 aliphatic heterocycles. The van der Waals surface area contributed by atoms with Crippen LogP contribution in [0.2, 0.25) is 0 Å². The summed E-state index contributed by atoms with van der Waals surface area (Å²) in [6.45, 7) is 3.83. The molecule has 0 aromatic carbocycles. The Balaban J connectivity index is 2.16. The van der Waals surface area contributed by atoms with Gasteiger partial charge in [-0.1, -0.05) is 0 Å². The summed E-state index contributed by atoms with van der Waals surface area (Å²) in [5, 5.41) is 12.0. The summed E-state index contributed by atoms with van der Waals surface area (Å²) in [5.41, 5.74) is 0. The van der Waals surface area contributed by atoms with Crippen LogP contribution in [0.15, 0.2) is 0 Å². The van der Waals surface area contributed by atoms with Crippen molar-refractivity contribution in [3.8, 4) is 0 Å². The van der Waals surface area contributed by atoms with Crippen molar-refractivity contribution in [1.29, 1.82) is 0 Å². The summed E-state index contributed by atoms with van der Waals surface area (Å²) in [6, 6.07) is 0.392. The van der Waals surface area contributed by atoms with Gasteiger partial charge in [0.15, 0.2) is 0 Å². The van der Waals surface area contributed by atoms with Crippen LogP contribution in [0.5, 0.6) is 0 Å². The van der Waals surface area contributed by atoms with Crippen LogP contribution in [-0.4, -0.2) is 50.2 Å². The number of nitrogens with one attached hydrogen (secondary N) is 1. The fraction of sp³-hybridized carbons (Fsp3) is 1.00. The second-order valence-electron chi connectivity index (χ2n) is 3.57. The Morgan fingerprint density at radius 3 is 2.86 bits per heavy atom. The molecule has 1 aliphatic carbocycles. The molecule has 3 atom stereocenters. The average Bonchev–Trinajstić information content (AvgIpc) is 2.16. The molecule has 4 heteroatoms. The van der Waals surface area contributed by atoms with E-state index in [0.29, 0.717) is 6.04 Å². The molecule has 0 aromatic heterocycles. The Morgan fingerprint density at radius 1 is 1.50 bits per heavy atom. The van der Waals surface area contributed by atoms with Gasteiger partial charge in [-0.25, -0.2) is 0 Å². The molecule has 4 nitrogen and oxygen atoms in total. The molecule has 0 spiro atoms. The molecule has 1 fully saturated rings. The number of hydrogen-bond donors (Lipinski definition) is 2. The highest BCUT2D eigenvalue weighted by atomic mass is 16.5. The van der Waals surface area contributed by atoms with Gasteiger partial charge in [0, 0.05) is 26.4 Å². The summed E-state index contributed by atoms with van der Waals surface area (Å²) in [4.78, 5) is 0. The lowest BCUT2D eigenvalue weighted by atomic mass is 9.85. The van der Waals surface area contributed by atoms with Crippen LogP contribution in [0.4, 0.5) is 0 Å². The predicted molar refractivity (Wildman–Crippen MR) is 54.3 cm³/mol. The molecule has 3 unspecified atom stereocenters. The van der Waals surface area contributed by atoms with Crippen molar-refractivity contribution in [3.05, 3.63) is 0 Å². The Morgan fingerprint density at radius 2 is 2.29 bits per heavy atom. The van der Waals surface area contributed by atoms with Crippen LogP contribution in [0.1, 0.15) is 19.8 Å². The third-order valence-corrected chi connectivity index (χ3v) is 2.64. The molecule has 0 aromatic rings. The number of hydrogen-bond acceptors (Lipinski definition) is 4. The maximum absolute atomic E-state index is 8.63. The Kier molecular flexibility index (Phi) is 5.40. The average molecular weight is 203 g/mol.